The molecular formula is C25H25NO3. The fourth-order valence-electron chi connectivity index (χ4n) is 4.51. The van der Waals surface area contributed by atoms with Gasteiger partial charge >= 0.3 is 0 Å². The van der Waals surface area contributed by atoms with Crippen LogP contribution in [-0.2, 0) is 10.2 Å². The predicted molar refractivity (Wildman–Crippen MR) is 115 cm³/mol. The molecule has 1 aliphatic rings. The van der Waals surface area contributed by atoms with Crippen molar-refractivity contribution >= 4 is 11.6 Å². The van der Waals surface area contributed by atoms with E-state index in [0.29, 0.717) is 0 Å². The fraction of sp³-hybridized carbons (Fsp3) is 0.240. The summed E-state index contributed by atoms with van der Waals surface area (Å²) in [5.74, 6) is 1.65. The van der Waals surface area contributed by atoms with Crippen LogP contribution in [0.15, 0.2) is 60.7 Å². The van der Waals surface area contributed by atoms with E-state index in [1.807, 2.05) is 63.4 Å². The molecule has 0 radical (unpaired) electrons. The molecule has 0 fully saturated rings. The fourth-order valence-corrected chi connectivity index (χ4v) is 4.51. The average Bonchev–Trinajstić information content (AvgIpc) is 2.96. The van der Waals surface area contributed by atoms with Gasteiger partial charge in [0, 0.05) is 18.3 Å². The van der Waals surface area contributed by atoms with E-state index in [-0.39, 0.29) is 5.91 Å². The quantitative estimate of drug-likeness (QED) is 0.655. The Morgan fingerprint density at radius 1 is 0.793 bits per heavy atom. The number of rotatable bonds is 4. The molecule has 0 N–H and O–H groups in total. The second kappa shape index (κ2) is 6.96. The highest BCUT2D eigenvalue weighted by Gasteiger charge is 2.52. The van der Waals surface area contributed by atoms with Crippen LogP contribution in [0.4, 0.5) is 5.69 Å². The number of anilines is 1. The zero-order valence-electron chi connectivity index (χ0n) is 17.4. The Morgan fingerprint density at radius 2 is 1.31 bits per heavy atom. The van der Waals surface area contributed by atoms with Gasteiger partial charge in [-0.05, 0) is 54.3 Å². The lowest BCUT2D eigenvalue weighted by Crippen LogP contribution is -2.40. The van der Waals surface area contributed by atoms with Crippen molar-refractivity contribution in [1.82, 2.24) is 0 Å². The zero-order valence-corrected chi connectivity index (χ0v) is 17.4. The molecule has 0 aromatic heterocycles. The molecule has 1 aliphatic heterocycles. The highest BCUT2D eigenvalue weighted by atomic mass is 16.5. The number of para-hydroxylation sites is 1. The first kappa shape index (κ1) is 19.1. The van der Waals surface area contributed by atoms with E-state index >= 15 is 0 Å². The summed E-state index contributed by atoms with van der Waals surface area (Å²) in [6.07, 6.45) is 0. The highest BCUT2D eigenvalue weighted by Crippen LogP contribution is 2.50. The van der Waals surface area contributed by atoms with Gasteiger partial charge in [-0.15, -0.1) is 0 Å². The van der Waals surface area contributed by atoms with Crippen LogP contribution in [0.1, 0.15) is 27.8 Å². The molecule has 4 heteroatoms. The number of methoxy groups -OCH3 is 2. The minimum atomic E-state index is -0.917. The third kappa shape index (κ3) is 2.63. The molecule has 3 aromatic rings. The van der Waals surface area contributed by atoms with Crippen molar-refractivity contribution in [2.45, 2.75) is 19.3 Å². The zero-order chi connectivity index (χ0) is 20.8. The number of carbonyl (C=O) groups is 1. The van der Waals surface area contributed by atoms with Gasteiger partial charge in [-0.2, -0.15) is 0 Å². The summed E-state index contributed by atoms with van der Waals surface area (Å²) in [5, 5.41) is 0. The predicted octanol–water partition coefficient (Wildman–Crippen LogP) is 4.63. The maximum absolute atomic E-state index is 13.9. The maximum atomic E-state index is 13.9. The molecule has 148 valence electrons. The van der Waals surface area contributed by atoms with Gasteiger partial charge in [-0.25, -0.2) is 0 Å². The van der Waals surface area contributed by atoms with Crippen LogP contribution in [0.5, 0.6) is 11.5 Å². The summed E-state index contributed by atoms with van der Waals surface area (Å²) in [5.41, 5.74) is 4.86. The lowest BCUT2D eigenvalue weighted by atomic mass is 9.69. The number of fused-ring (bicyclic) bond motifs is 1. The Labute approximate surface area is 171 Å². The minimum absolute atomic E-state index is 0.0350. The molecular weight excluding hydrogens is 362 g/mol. The normalized spacial score (nSPS) is 14.7. The summed E-state index contributed by atoms with van der Waals surface area (Å²) < 4.78 is 10.9. The van der Waals surface area contributed by atoms with Gasteiger partial charge in [0.15, 0.2) is 0 Å². The van der Waals surface area contributed by atoms with Crippen LogP contribution in [0.3, 0.4) is 0 Å². The Bertz CT molecular complexity index is 1050. The van der Waals surface area contributed by atoms with E-state index in [9.17, 15) is 4.79 Å². The number of benzene rings is 3. The van der Waals surface area contributed by atoms with Gasteiger partial charge in [0.2, 0.25) is 5.91 Å². The van der Waals surface area contributed by atoms with Crippen LogP contribution in [-0.4, -0.2) is 27.2 Å². The molecule has 0 saturated heterocycles. The Kier molecular flexibility index (Phi) is 4.58. The van der Waals surface area contributed by atoms with Crippen molar-refractivity contribution in [1.29, 1.82) is 0 Å². The first-order chi connectivity index (χ1) is 13.9. The second-order valence-corrected chi connectivity index (χ2v) is 7.50. The molecule has 0 unspecified atom stereocenters. The minimum Gasteiger partial charge on any atom is -0.496 e. The van der Waals surface area contributed by atoms with Crippen molar-refractivity contribution in [3.05, 3.63) is 88.5 Å². The highest BCUT2D eigenvalue weighted by molar-refractivity contribution is 6.12. The summed E-state index contributed by atoms with van der Waals surface area (Å²) >= 11 is 0. The molecule has 0 spiro atoms. The number of aryl methyl sites for hydroxylation is 2. The van der Waals surface area contributed by atoms with Gasteiger partial charge in [-0.3, -0.25) is 4.79 Å². The van der Waals surface area contributed by atoms with Gasteiger partial charge in [-0.1, -0.05) is 42.5 Å². The first-order valence-corrected chi connectivity index (χ1v) is 9.63. The maximum Gasteiger partial charge on any atom is 0.246 e. The SMILES string of the molecule is COc1ccc(C2(c3ccc(OC)c(C)c3)C(=O)N(C)c3ccccc32)cc1C. The molecule has 29 heavy (non-hydrogen) atoms. The van der Waals surface area contributed by atoms with Crippen molar-refractivity contribution in [3.8, 4) is 11.5 Å². The van der Waals surface area contributed by atoms with Crippen molar-refractivity contribution in [2.24, 2.45) is 0 Å². The van der Waals surface area contributed by atoms with Crippen LogP contribution in [0.25, 0.3) is 0 Å². The lowest BCUT2D eigenvalue weighted by molar-refractivity contribution is -0.120. The molecule has 4 rings (SSSR count). The summed E-state index contributed by atoms with van der Waals surface area (Å²) in [7, 11) is 5.17. The monoisotopic (exact) mass is 387 g/mol. The first-order valence-electron chi connectivity index (χ1n) is 9.63. The molecule has 0 aliphatic carbocycles. The van der Waals surface area contributed by atoms with Crippen LogP contribution in [0, 0.1) is 13.8 Å². The molecule has 4 nitrogen and oxygen atoms in total. The largest absolute Gasteiger partial charge is 0.496 e. The lowest BCUT2D eigenvalue weighted by Gasteiger charge is -2.31. The Hall–Kier alpha value is -3.27. The van der Waals surface area contributed by atoms with Crippen molar-refractivity contribution in [2.75, 3.05) is 26.2 Å². The molecule has 0 bridgehead atoms. The van der Waals surface area contributed by atoms with Crippen LogP contribution in [0.2, 0.25) is 0 Å². The number of carbonyl (C=O) groups excluding carboxylic acids is 1. The molecule has 0 atom stereocenters. The van der Waals surface area contributed by atoms with E-state index in [2.05, 4.69) is 18.2 Å². The van der Waals surface area contributed by atoms with E-state index in [1.165, 1.54) is 0 Å². The van der Waals surface area contributed by atoms with E-state index in [1.54, 1.807) is 19.1 Å². The molecule has 0 saturated carbocycles. The Morgan fingerprint density at radius 3 is 1.79 bits per heavy atom. The Balaban J connectivity index is 2.08. The number of hydrogen-bond acceptors (Lipinski definition) is 3. The standard InChI is InChI=1S/C25H25NO3/c1-16-14-18(10-12-22(16)28-4)25(19-11-13-23(29-5)17(2)15-19)20-8-6-7-9-21(20)26(3)24(25)27/h6-15H,1-5H3. The van der Waals surface area contributed by atoms with Gasteiger partial charge < -0.3 is 14.4 Å². The van der Waals surface area contributed by atoms with E-state index in [4.69, 9.17) is 9.47 Å². The second-order valence-electron chi connectivity index (χ2n) is 7.50. The summed E-state index contributed by atoms with van der Waals surface area (Å²) in [6.45, 7) is 4.01. The van der Waals surface area contributed by atoms with E-state index < -0.39 is 5.41 Å². The van der Waals surface area contributed by atoms with Gasteiger partial charge in [0.1, 0.15) is 16.9 Å². The van der Waals surface area contributed by atoms with E-state index in [0.717, 1.165) is 45.0 Å². The summed E-state index contributed by atoms with van der Waals surface area (Å²) in [4.78, 5) is 15.6. The number of nitrogens with zero attached hydrogens (tertiary/aromatic N) is 1. The third-order valence-electron chi connectivity index (χ3n) is 5.95. The summed E-state index contributed by atoms with van der Waals surface area (Å²) in [6, 6.07) is 20.0. The van der Waals surface area contributed by atoms with Crippen molar-refractivity contribution < 1.29 is 14.3 Å². The van der Waals surface area contributed by atoms with Crippen molar-refractivity contribution in [3.63, 3.8) is 0 Å². The number of likely N-dealkylation sites (N-methyl/N-ethyl adjacent to an activating group) is 1. The number of ether oxygens (including phenoxy) is 2. The average molecular weight is 387 g/mol. The smallest absolute Gasteiger partial charge is 0.246 e. The number of amides is 1. The van der Waals surface area contributed by atoms with Gasteiger partial charge in [0.05, 0.1) is 14.2 Å². The molecule has 1 amide bonds. The number of hydrogen-bond donors (Lipinski definition) is 0. The van der Waals surface area contributed by atoms with Crippen LogP contribution < -0.4 is 14.4 Å². The van der Waals surface area contributed by atoms with Crippen LogP contribution >= 0.6 is 0 Å². The third-order valence-corrected chi connectivity index (χ3v) is 5.95. The van der Waals surface area contributed by atoms with Gasteiger partial charge in [0.25, 0.3) is 0 Å². The molecule has 1 heterocycles. The molecule has 3 aromatic carbocycles. The topological polar surface area (TPSA) is 38.8 Å².